The average molecular weight is 462 g/mol. The van der Waals surface area contributed by atoms with Crippen molar-refractivity contribution in [3.63, 3.8) is 0 Å². The lowest BCUT2D eigenvalue weighted by Crippen LogP contribution is -1.96. The molecule has 7 heteroatoms. The van der Waals surface area contributed by atoms with Gasteiger partial charge in [0.25, 0.3) is 0 Å². The Bertz CT molecular complexity index is 1090. The summed E-state index contributed by atoms with van der Waals surface area (Å²) < 4.78 is 36.2. The molecule has 0 unspecified atom stereocenters. The third kappa shape index (κ3) is 7.06. The van der Waals surface area contributed by atoms with Crippen LogP contribution in [0.25, 0.3) is 21.1 Å². The first kappa shape index (κ1) is 25.5. The van der Waals surface area contributed by atoms with Gasteiger partial charge in [-0.15, -0.1) is 35.5 Å². The van der Waals surface area contributed by atoms with E-state index < -0.39 is 9.84 Å². The van der Waals surface area contributed by atoms with Gasteiger partial charge in [0.05, 0.1) is 15.5 Å². The van der Waals surface area contributed by atoms with Gasteiger partial charge in [0.2, 0.25) is 0 Å². The first-order valence-corrected chi connectivity index (χ1v) is 12.6. The van der Waals surface area contributed by atoms with Crippen LogP contribution in [0.3, 0.4) is 0 Å². The second-order valence-corrected chi connectivity index (χ2v) is 9.72. The van der Waals surface area contributed by atoms with Crippen LogP contribution in [0.5, 0.6) is 0 Å². The predicted octanol–water partition coefficient (Wildman–Crippen LogP) is 6.61. The molecular weight excluding hydrogens is 437 g/mol. The molecule has 0 fully saturated rings. The minimum absolute atomic E-state index is 0.0730. The highest BCUT2D eigenvalue weighted by molar-refractivity contribution is 7.94. The number of halogens is 1. The molecule has 0 bridgehead atoms. The highest BCUT2D eigenvalue weighted by atomic mass is 32.2. The Morgan fingerprint density at radius 3 is 2.37 bits per heavy atom. The van der Waals surface area contributed by atoms with Gasteiger partial charge in [-0.25, -0.2) is 17.8 Å². The number of hydrogen-bond donors (Lipinski definition) is 0. The zero-order valence-electron chi connectivity index (χ0n) is 17.1. The molecule has 30 heavy (non-hydrogen) atoms. The number of hydrogen-bond acceptors (Lipinski definition) is 5. The van der Waals surface area contributed by atoms with Crippen molar-refractivity contribution in [2.45, 2.75) is 20.3 Å². The molecule has 2 heterocycles. The maximum Gasteiger partial charge on any atom is 0.174 e. The molecule has 0 radical (unpaired) electrons. The van der Waals surface area contributed by atoms with E-state index in [1.165, 1.54) is 18.2 Å². The van der Waals surface area contributed by atoms with Crippen molar-refractivity contribution in [3.05, 3.63) is 76.1 Å². The highest BCUT2D eigenvalue weighted by Gasteiger charge is 2.14. The number of thiazole rings is 1. The number of benzene rings is 1. The average Bonchev–Trinajstić information content (AvgIpc) is 3.41. The molecule has 0 saturated carbocycles. The van der Waals surface area contributed by atoms with E-state index >= 15 is 0 Å². The second-order valence-electron chi connectivity index (χ2n) is 5.62. The molecule has 0 saturated heterocycles. The fraction of sp³-hybridized carbons (Fsp3) is 0.174. The van der Waals surface area contributed by atoms with Crippen LogP contribution in [0.15, 0.2) is 65.4 Å². The number of sulfone groups is 1. The van der Waals surface area contributed by atoms with Crippen molar-refractivity contribution in [1.29, 1.82) is 0 Å². The normalized spacial score (nSPS) is 10.6. The molecule has 3 nitrogen and oxygen atoms in total. The number of terminal acetylenes is 1. The molecule has 3 aromatic rings. The minimum atomic E-state index is -3.29. The smallest absolute Gasteiger partial charge is 0.174 e. The topological polar surface area (TPSA) is 47.0 Å². The number of aromatic nitrogens is 1. The van der Waals surface area contributed by atoms with Crippen LogP contribution in [0.4, 0.5) is 4.39 Å². The summed E-state index contributed by atoms with van der Waals surface area (Å²) in [6, 6.07) is 10.2. The molecule has 0 aliphatic carbocycles. The highest BCUT2D eigenvalue weighted by Crippen LogP contribution is 2.36. The minimum Gasteiger partial charge on any atom is -0.235 e. The summed E-state index contributed by atoms with van der Waals surface area (Å²) in [5, 5.41) is 2.88. The van der Waals surface area contributed by atoms with E-state index in [4.69, 9.17) is 4.98 Å². The van der Waals surface area contributed by atoms with Crippen molar-refractivity contribution >= 4 is 32.5 Å². The maximum atomic E-state index is 13.2. The van der Waals surface area contributed by atoms with E-state index in [2.05, 4.69) is 19.4 Å². The van der Waals surface area contributed by atoms with Crippen LogP contribution >= 0.6 is 22.7 Å². The Morgan fingerprint density at radius 2 is 1.83 bits per heavy atom. The Morgan fingerprint density at radius 1 is 1.20 bits per heavy atom. The van der Waals surface area contributed by atoms with E-state index in [-0.39, 0.29) is 10.7 Å². The summed E-state index contributed by atoms with van der Waals surface area (Å²) in [4.78, 5) is 6.85. The first-order valence-electron chi connectivity index (χ1n) is 9.03. The van der Waals surface area contributed by atoms with Gasteiger partial charge in [0.1, 0.15) is 10.8 Å². The Kier molecular flexibility index (Phi) is 10.4. The monoisotopic (exact) mass is 461 g/mol. The van der Waals surface area contributed by atoms with Gasteiger partial charge in [-0.3, -0.25) is 0 Å². The molecule has 0 spiro atoms. The zero-order valence-corrected chi connectivity index (χ0v) is 19.6. The van der Waals surface area contributed by atoms with E-state index in [1.807, 2.05) is 31.4 Å². The largest absolute Gasteiger partial charge is 0.235 e. The Balaban J connectivity index is 0.00000106. The summed E-state index contributed by atoms with van der Waals surface area (Å²) in [6.45, 7) is 7.57. The molecule has 158 valence electrons. The fourth-order valence-electron chi connectivity index (χ4n) is 2.25. The van der Waals surface area contributed by atoms with Crippen molar-refractivity contribution < 1.29 is 12.8 Å². The fourth-order valence-corrected chi connectivity index (χ4v) is 4.45. The number of rotatable bonds is 6. The summed E-state index contributed by atoms with van der Waals surface area (Å²) in [6.07, 6.45) is 12.9. The van der Waals surface area contributed by atoms with E-state index in [1.54, 1.807) is 40.9 Å². The summed E-state index contributed by atoms with van der Waals surface area (Å²) in [5.74, 6) is -0.298. The third-order valence-electron chi connectivity index (χ3n) is 3.63. The Hall–Kier alpha value is -2.53. The van der Waals surface area contributed by atoms with Crippen LogP contribution in [0, 0.1) is 18.7 Å². The molecule has 0 N–H and O–H groups in total. The third-order valence-corrected chi connectivity index (χ3v) is 6.84. The summed E-state index contributed by atoms with van der Waals surface area (Å²) in [5.41, 5.74) is 1.61. The lowest BCUT2D eigenvalue weighted by molar-refractivity contribution is 0.608. The van der Waals surface area contributed by atoms with Gasteiger partial charge in [-0.2, -0.15) is 0 Å². The molecular formula is C23H24FNO2S3. The summed E-state index contributed by atoms with van der Waals surface area (Å²) >= 11 is 3.15. The van der Waals surface area contributed by atoms with Crippen molar-refractivity contribution in [3.8, 4) is 34.0 Å². The van der Waals surface area contributed by atoms with E-state index in [0.717, 1.165) is 32.3 Å². The van der Waals surface area contributed by atoms with E-state index in [9.17, 15) is 12.8 Å². The lowest BCUT2D eigenvalue weighted by atomic mass is 10.1. The number of nitrogens with zero attached hydrogens (tertiary/aromatic N) is 1. The summed E-state index contributed by atoms with van der Waals surface area (Å²) in [7, 11) is -3.29. The predicted molar refractivity (Wildman–Crippen MR) is 129 cm³/mol. The van der Waals surface area contributed by atoms with Gasteiger partial charge in [0.15, 0.2) is 9.84 Å². The SMILES string of the molecule is C#C.C=C(/C=C\Cc1sc(-c2cccs2)nc1-c1ccc(F)cc1)S(C)(=O)=O.CC. The van der Waals surface area contributed by atoms with Crippen LogP contribution in [-0.2, 0) is 16.3 Å². The molecule has 0 aliphatic rings. The van der Waals surface area contributed by atoms with Crippen LogP contribution in [-0.4, -0.2) is 19.7 Å². The lowest BCUT2D eigenvalue weighted by Gasteiger charge is -2.00. The van der Waals surface area contributed by atoms with Crippen molar-refractivity contribution in [2.75, 3.05) is 6.26 Å². The molecule has 2 aromatic heterocycles. The Labute approximate surface area is 186 Å². The molecule has 0 amide bonds. The van der Waals surface area contributed by atoms with Crippen molar-refractivity contribution in [2.24, 2.45) is 0 Å². The van der Waals surface area contributed by atoms with Crippen molar-refractivity contribution in [1.82, 2.24) is 4.98 Å². The molecule has 0 aliphatic heterocycles. The van der Waals surface area contributed by atoms with Crippen LogP contribution in [0.2, 0.25) is 0 Å². The second kappa shape index (κ2) is 12.2. The van der Waals surface area contributed by atoms with Crippen LogP contribution in [0.1, 0.15) is 18.7 Å². The standard InChI is InChI=1S/C19H16FNO2S3.C2H6.C2H2/c1-13(26(2,22)23)5-3-6-16-18(14-8-10-15(20)11-9-14)21-19(25-16)17-7-4-12-24-17;2*1-2/h3-5,7-12H,1,6H2,2H3;1-2H3;1-2H/b5-3-;;. The molecule has 0 atom stereocenters. The quantitative estimate of drug-likeness (QED) is 0.306. The number of allylic oxidation sites excluding steroid dienone is 2. The molecule has 3 rings (SSSR count). The van der Waals surface area contributed by atoms with Crippen LogP contribution < -0.4 is 0 Å². The number of thiophene rings is 1. The van der Waals surface area contributed by atoms with Gasteiger partial charge < -0.3 is 0 Å². The van der Waals surface area contributed by atoms with E-state index in [0.29, 0.717) is 6.42 Å². The van der Waals surface area contributed by atoms with Gasteiger partial charge in [-0.1, -0.05) is 32.6 Å². The van der Waals surface area contributed by atoms with Gasteiger partial charge >= 0.3 is 0 Å². The molecule has 1 aromatic carbocycles. The first-order chi connectivity index (χ1) is 14.3. The van der Waals surface area contributed by atoms with Gasteiger partial charge in [0, 0.05) is 23.1 Å². The maximum absolute atomic E-state index is 13.2. The van der Waals surface area contributed by atoms with Gasteiger partial charge in [-0.05, 0) is 41.8 Å². The zero-order chi connectivity index (χ0) is 22.7.